The zero-order valence-electron chi connectivity index (χ0n) is 17.5. The molecule has 12 heteroatoms. The van der Waals surface area contributed by atoms with Gasteiger partial charge in [0.25, 0.3) is 11.2 Å². The van der Waals surface area contributed by atoms with Crippen molar-refractivity contribution in [2.45, 2.75) is 12.7 Å². The van der Waals surface area contributed by atoms with Gasteiger partial charge in [-0.2, -0.15) is 13.2 Å². The number of esters is 1. The number of hydrogen-bond acceptors (Lipinski definition) is 6. The quantitative estimate of drug-likeness (QED) is 0.328. The Morgan fingerprint density at radius 1 is 1.09 bits per heavy atom. The van der Waals surface area contributed by atoms with E-state index in [9.17, 15) is 37.7 Å². The molecule has 1 aromatic heterocycles. The lowest BCUT2D eigenvalue weighted by molar-refractivity contribution is -0.385. The van der Waals surface area contributed by atoms with Crippen molar-refractivity contribution < 1.29 is 32.4 Å². The summed E-state index contributed by atoms with van der Waals surface area (Å²) in [5, 5.41) is 13.3. The highest BCUT2D eigenvalue weighted by atomic mass is 19.4. The molecule has 0 saturated heterocycles. The molecule has 0 aliphatic heterocycles. The van der Waals surface area contributed by atoms with Gasteiger partial charge < -0.3 is 10.1 Å². The predicted molar refractivity (Wildman–Crippen MR) is 114 cm³/mol. The minimum absolute atomic E-state index is 0.0222. The molecule has 34 heavy (non-hydrogen) atoms. The number of ether oxygens (including phenoxy) is 1. The molecule has 176 valence electrons. The highest BCUT2D eigenvalue weighted by molar-refractivity contribution is 6.02. The summed E-state index contributed by atoms with van der Waals surface area (Å²) in [6.45, 7) is -0.587. The largest absolute Gasteiger partial charge is 0.465 e. The number of benzene rings is 2. The highest BCUT2D eigenvalue weighted by Gasteiger charge is 2.30. The summed E-state index contributed by atoms with van der Waals surface area (Å²) in [6.07, 6.45) is -3.65. The summed E-state index contributed by atoms with van der Waals surface area (Å²) in [7, 11) is 1.09. The SMILES string of the molecule is COC(=O)c1cc(-c2cccc(C(F)(F)F)c2)ccc1NC(=O)Cn1cc([N+](=O)[O-])ccc1=O. The number of carbonyl (C=O) groups is 2. The Bertz CT molecular complexity index is 1330. The van der Waals surface area contributed by atoms with Gasteiger partial charge in [-0.05, 0) is 35.4 Å². The van der Waals surface area contributed by atoms with E-state index in [1.165, 1.54) is 30.3 Å². The number of hydrogen-bond donors (Lipinski definition) is 1. The Labute approximate surface area is 189 Å². The van der Waals surface area contributed by atoms with Crippen molar-refractivity contribution in [1.82, 2.24) is 4.57 Å². The Hall–Kier alpha value is -4.48. The van der Waals surface area contributed by atoms with Crippen LogP contribution in [0.4, 0.5) is 24.5 Å². The first kappa shape index (κ1) is 24.2. The minimum Gasteiger partial charge on any atom is -0.465 e. The Kier molecular flexibility index (Phi) is 6.80. The number of nitrogens with zero attached hydrogens (tertiary/aromatic N) is 2. The van der Waals surface area contributed by atoms with Gasteiger partial charge in [0.2, 0.25) is 5.91 Å². The standard InChI is InChI=1S/C22H16F3N3O6/c1-34-21(31)17-10-14(13-3-2-4-15(9-13)22(23,24)25)5-7-18(17)26-19(29)12-27-11-16(28(32)33)6-8-20(27)30/h2-11H,12H2,1H3,(H,26,29). The molecule has 0 unspecified atom stereocenters. The van der Waals surface area contributed by atoms with E-state index in [1.807, 2.05) is 0 Å². The summed E-state index contributed by atoms with van der Waals surface area (Å²) in [5.41, 5.74) is -1.64. The van der Waals surface area contributed by atoms with Crippen LogP contribution in [0, 0.1) is 10.1 Å². The van der Waals surface area contributed by atoms with Crippen LogP contribution in [0.25, 0.3) is 11.1 Å². The molecule has 0 bridgehead atoms. The van der Waals surface area contributed by atoms with Gasteiger partial charge in [-0.1, -0.05) is 18.2 Å². The number of alkyl halides is 3. The average Bonchev–Trinajstić information content (AvgIpc) is 2.79. The van der Waals surface area contributed by atoms with Gasteiger partial charge in [0.05, 0.1) is 35.0 Å². The van der Waals surface area contributed by atoms with E-state index in [0.717, 1.165) is 42.1 Å². The maximum atomic E-state index is 13.0. The molecule has 3 rings (SSSR count). The van der Waals surface area contributed by atoms with Gasteiger partial charge in [-0.15, -0.1) is 0 Å². The molecule has 0 atom stereocenters. The summed E-state index contributed by atoms with van der Waals surface area (Å²) >= 11 is 0. The van der Waals surface area contributed by atoms with Gasteiger partial charge in [-0.3, -0.25) is 24.3 Å². The summed E-state index contributed by atoms with van der Waals surface area (Å²) in [6, 6.07) is 10.4. The molecule has 0 saturated carbocycles. The molecule has 2 aromatic carbocycles. The smallest absolute Gasteiger partial charge is 0.416 e. The second-order valence-corrected chi connectivity index (χ2v) is 6.99. The molecule has 0 aliphatic carbocycles. The predicted octanol–water partition coefficient (Wildman–Crippen LogP) is 3.87. The lowest BCUT2D eigenvalue weighted by atomic mass is 9.99. The molecular weight excluding hydrogens is 459 g/mol. The molecule has 0 fully saturated rings. The highest BCUT2D eigenvalue weighted by Crippen LogP contribution is 2.33. The van der Waals surface area contributed by atoms with Crippen LogP contribution in [0.1, 0.15) is 15.9 Å². The van der Waals surface area contributed by atoms with Crippen LogP contribution >= 0.6 is 0 Å². The summed E-state index contributed by atoms with van der Waals surface area (Å²) in [5.74, 6) is -1.64. The first-order valence-corrected chi connectivity index (χ1v) is 9.54. The number of rotatable bonds is 6. The van der Waals surface area contributed by atoms with E-state index in [1.54, 1.807) is 0 Å². The number of aromatic nitrogens is 1. The van der Waals surface area contributed by atoms with Gasteiger partial charge in [0, 0.05) is 12.1 Å². The fraction of sp³-hybridized carbons (Fsp3) is 0.136. The van der Waals surface area contributed by atoms with Gasteiger partial charge in [-0.25, -0.2) is 4.79 Å². The van der Waals surface area contributed by atoms with Crippen LogP contribution in [0.2, 0.25) is 0 Å². The molecule has 0 spiro atoms. The Morgan fingerprint density at radius 3 is 2.44 bits per heavy atom. The van der Waals surface area contributed by atoms with Crippen molar-refractivity contribution in [1.29, 1.82) is 0 Å². The van der Waals surface area contributed by atoms with Crippen molar-refractivity contribution in [3.63, 3.8) is 0 Å². The van der Waals surface area contributed by atoms with Crippen LogP contribution in [0.15, 0.2) is 65.6 Å². The topological polar surface area (TPSA) is 121 Å². The normalized spacial score (nSPS) is 11.1. The van der Waals surface area contributed by atoms with Crippen LogP contribution < -0.4 is 10.9 Å². The third-order valence-electron chi connectivity index (χ3n) is 4.71. The number of amides is 1. The summed E-state index contributed by atoms with van der Waals surface area (Å²) in [4.78, 5) is 46.8. The van der Waals surface area contributed by atoms with E-state index in [4.69, 9.17) is 4.74 Å². The molecule has 3 aromatic rings. The first-order valence-electron chi connectivity index (χ1n) is 9.54. The van der Waals surface area contributed by atoms with Crippen molar-refractivity contribution in [3.8, 4) is 11.1 Å². The number of halogens is 3. The maximum absolute atomic E-state index is 13.0. The molecule has 0 aliphatic rings. The van der Waals surface area contributed by atoms with E-state index >= 15 is 0 Å². The van der Waals surface area contributed by atoms with E-state index in [2.05, 4.69) is 5.32 Å². The van der Waals surface area contributed by atoms with Crippen LogP contribution in [-0.4, -0.2) is 28.5 Å². The lowest BCUT2D eigenvalue weighted by Crippen LogP contribution is -2.27. The second-order valence-electron chi connectivity index (χ2n) is 6.99. The number of pyridine rings is 1. The van der Waals surface area contributed by atoms with Crippen LogP contribution in [-0.2, 0) is 22.3 Å². The maximum Gasteiger partial charge on any atom is 0.416 e. The van der Waals surface area contributed by atoms with Gasteiger partial charge in [0.1, 0.15) is 6.54 Å². The molecule has 1 heterocycles. The van der Waals surface area contributed by atoms with Crippen molar-refractivity contribution in [3.05, 3.63) is 92.4 Å². The Morgan fingerprint density at radius 2 is 1.79 bits per heavy atom. The van der Waals surface area contributed by atoms with E-state index in [-0.39, 0.29) is 22.4 Å². The number of methoxy groups -OCH3 is 1. The van der Waals surface area contributed by atoms with Crippen LogP contribution in [0.5, 0.6) is 0 Å². The molecule has 1 N–H and O–H groups in total. The summed E-state index contributed by atoms with van der Waals surface area (Å²) < 4.78 is 44.7. The lowest BCUT2D eigenvalue weighted by Gasteiger charge is -2.13. The number of nitrogens with one attached hydrogen (secondary N) is 1. The van der Waals surface area contributed by atoms with Gasteiger partial charge >= 0.3 is 12.1 Å². The molecule has 1 amide bonds. The Balaban J connectivity index is 1.92. The number of nitro groups is 1. The van der Waals surface area contributed by atoms with Crippen molar-refractivity contribution in [2.24, 2.45) is 0 Å². The van der Waals surface area contributed by atoms with Crippen LogP contribution in [0.3, 0.4) is 0 Å². The number of anilines is 1. The minimum atomic E-state index is -4.56. The molecular formula is C22H16F3N3O6. The fourth-order valence-electron chi connectivity index (χ4n) is 3.08. The van der Waals surface area contributed by atoms with Crippen molar-refractivity contribution in [2.75, 3.05) is 12.4 Å². The monoisotopic (exact) mass is 475 g/mol. The fourth-order valence-corrected chi connectivity index (χ4v) is 3.08. The van der Waals surface area contributed by atoms with E-state index in [0.29, 0.717) is 0 Å². The zero-order chi connectivity index (χ0) is 25.0. The van der Waals surface area contributed by atoms with Crippen molar-refractivity contribution >= 4 is 23.3 Å². The third-order valence-corrected chi connectivity index (χ3v) is 4.71. The third kappa shape index (κ3) is 5.46. The first-order chi connectivity index (χ1) is 16.0. The zero-order valence-corrected chi connectivity index (χ0v) is 17.5. The average molecular weight is 475 g/mol. The number of carbonyl (C=O) groups excluding carboxylic acids is 2. The second kappa shape index (κ2) is 9.57. The molecule has 0 radical (unpaired) electrons. The van der Waals surface area contributed by atoms with E-state index < -0.39 is 46.3 Å². The molecule has 9 nitrogen and oxygen atoms in total. The van der Waals surface area contributed by atoms with Gasteiger partial charge in [0.15, 0.2) is 0 Å².